The van der Waals surface area contributed by atoms with E-state index in [0.29, 0.717) is 47.2 Å². The van der Waals surface area contributed by atoms with E-state index < -0.39 is 11.7 Å². The van der Waals surface area contributed by atoms with E-state index in [-0.39, 0.29) is 6.54 Å². The first-order valence-electron chi connectivity index (χ1n) is 9.23. The van der Waals surface area contributed by atoms with Crippen molar-refractivity contribution in [1.29, 1.82) is 0 Å². The summed E-state index contributed by atoms with van der Waals surface area (Å²) in [7, 11) is 0. The number of fused-ring (bicyclic) bond motifs is 3. The zero-order chi connectivity index (χ0) is 20.0. The van der Waals surface area contributed by atoms with E-state index in [4.69, 9.17) is 13.9 Å². The van der Waals surface area contributed by atoms with Crippen molar-refractivity contribution in [2.45, 2.75) is 20.0 Å². The fourth-order valence-electron chi connectivity index (χ4n) is 3.44. The molecule has 0 saturated carbocycles. The van der Waals surface area contributed by atoms with Gasteiger partial charge in [-0.3, -0.25) is 9.36 Å². The molecule has 0 spiro atoms. The standard InChI is InChI=1S/C20H17N3O5S/c1-2-22-13-9-15-16(27-8-7-26-15)10-17(13)29-19(22)21-18(24)11-23-12-5-3-4-6-14(12)28-20(23)25/h3-6,9-10H,2,7-8,11H2,1H3. The summed E-state index contributed by atoms with van der Waals surface area (Å²) in [5.41, 5.74) is 1.95. The summed E-state index contributed by atoms with van der Waals surface area (Å²) in [6.07, 6.45) is 0. The summed E-state index contributed by atoms with van der Waals surface area (Å²) in [5, 5.41) is 0. The molecule has 0 fully saturated rings. The van der Waals surface area contributed by atoms with Crippen LogP contribution in [0.4, 0.5) is 0 Å². The Hall–Kier alpha value is -3.33. The molecule has 29 heavy (non-hydrogen) atoms. The minimum Gasteiger partial charge on any atom is -0.486 e. The number of rotatable bonds is 3. The molecular weight excluding hydrogens is 394 g/mol. The Morgan fingerprint density at radius 2 is 1.86 bits per heavy atom. The van der Waals surface area contributed by atoms with Gasteiger partial charge in [-0.1, -0.05) is 23.5 Å². The van der Waals surface area contributed by atoms with Crippen molar-refractivity contribution in [3.63, 3.8) is 0 Å². The van der Waals surface area contributed by atoms with Crippen LogP contribution in [0.5, 0.6) is 11.5 Å². The maximum Gasteiger partial charge on any atom is 0.420 e. The van der Waals surface area contributed by atoms with Crippen molar-refractivity contribution in [3.05, 3.63) is 51.8 Å². The molecule has 1 aliphatic rings. The summed E-state index contributed by atoms with van der Waals surface area (Å²) in [6, 6.07) is 10.8. The van der Waals surface area contributed by atoms with Gasteiger partial charge in [-0.2, -0.15) is 4.99 Å². The highest BCUT2D eigenvalue weighted by Crippen LogP contribution is 2.35. The van der Waals surface area contributed by atoms with E-state index >= 15 is 0 Å². The van der Waals surface area contributed by atoms with Crippen molar-refractivity contribution in [2.24, 2.45) is 4.99 Å². The number of carbonyl (C=O) groups is 1. The monoisotopic (exact) mass is 411 g/mol. The smallest absolute Gasteiger partial charge is 0.420 e. The largest absolute Gasteiger partial charge is 0.486 e. The van der Waals surface area contributed by atoms with Crippen LogP contribution >= 0.6 is 11.3 Å². The number of hydrogen-bond donors (Lipinski definition) is 0. The number of thiazole rings is 1. The van der Waals surface area contributed by atoms with E-state index in [2.05, 4.69) is 4.99 Å². The Morgan fingerprint density at radius 1 is 1.10 bits per heavy atom. The van der Waals surface area contributed by atoms with Crippen LogP contribution in [0.25, 0.3) is 21.3 Å². The second-order valence-electron chi connectivity index (χ2n) is 6.52. The topological polar surface area (TPSA) is 88.0 Å². The van der Waals surface area contributed by atoms with E-state index in [0.717, 1.165) is 10.2 Å². The molecule has 0 N–H and O–H groups in total. The predicted molar refractivity (Wildman–Crippen MR) is 108 cm³/mol. The van der Waals surface area contributed by atoms with Crippen LogP contribution in [0.15, 0.2) is 50.6 Å². The summed E-state index contributed by atoms with van der Waals surface area (Å²) in [5.74, 6) is 0.390. The first-order valence-corrected chi connectivity index (χ1v) is 10.0. The number of aryl methyl sites for hydroxylation is 1. The van der Waals surface area contributed by atoms with Crippen molar-refractivity contribution in [2.75, 3.05) is 13.2 Å². The lowest BCUT2D eigenvalue weighted by Gasteiger charge is -2.18. The van der Waals surface area contributed by atoms with Gasteiger partial charge in [-0.25, -0.2) is 4.79 Å². The van der Waals surface area contributed by atoms with Crippen LogP contribution in [-0.4, -0.2) is 28.3 Å². The lowest BCUT2D eigenvalue weighted by Crippen LogP contribution is -2.22. The van der Waals surface area contributed by atoms with Crippen molar-refractivity contribution >= 4 is 38.6 Å². The van der Waals surface area contributed by atoms with E-state index in [1.54, 1.807) is 24.3 Å². The summed E-state index contributed by atoms with van der Waals surface area (Å²) in [4.78, 5) is 29.6. The lowest BCUT2D eigenvalue weighted by atomic mass is 10.2. The van der Waals surface area contributed by atoms with Gasteiger partial charge in [-0.05, 0) is 19.1 Å². The average Bonchev–Trinajstić information content (AvgIpc) is 3.22. The number of hydrogen-bond acceptors (Lipinski definition) is 6. The van der Waals surface area contributed by atoms with Gasteiger partial charge in [0.05, 0.1) is 15.7 Å². The van der Waals surface area contributed by atoms with Gasteiger partial charge in [0.2, 0.25) is 0 Å². The molecule has 1 amide bonds. The molecule has 0 atom stereocenters. The Balaban J connectivity index is 1.56. The fourth-order valence-corrected chi connectivity index (χ4v) is 4.56. The highest BCUT2D eigenvalue weighted by molar-refractivity contribution is 7.16. The zero-order valence-electron chi connectivity index (χ0n) is 15.6. The quantitative estimate of drug-likeness (QED) is 0.517. The maximum absolute atomic E-state index is 12.7. The van der Waals surface area contributed by atoms with Gasteiger partial charge < -0.3 is 18.5 Å². The molecule has 0 unspecified atom stereocenters. The number of para-hydroxylation sites is 2. The Kier molecular flexibility index (Phi) is 4.24. The molecule has 0 saturated heterocycles. The summed E-state index contributed by atoms with van der Waals surface area (Å²) in [6.45, 7) is 3.47. The number of aromatic nitrogens is 2. The zero-order valence-corrected chi connectivity index (χ0v) is 16.4. The normalized spacial score (nSPS) is 14.0. The van der Waals surface area contributed by atoms with Gasteiger partial charge in [-0.15, -0.1) is 0 Å². The molecule has 148 valence electrons. The lowest BCUT2D eigenvalue weighted by molar-refractivity contribution is -0.118. The van der Waals surface area contributed by atoms with Gasteiger partial charge >= 0.3 is 5.76 Å². The molecule has 3 heterocycles. The van der Waals surface area contributed by atoms with Crippen LogP contribution < -0.4 is 20.0 Å². The fraction of sp³-hybridized carbons (Fsp3) is 0.250. The number of carbonyl (C=O) groups excluding carboxylic acids is 1. The molecule has 2 aromatic carbocycles. The molecule has 5 rings (SSSR count). The Morgan fingerprint density at radius 3 is 2.66 bits per heavy atom. The molecule has 0 radical (unpaired) electrons. The minimum atomic E-state index is -0.573. The molecule has 0 aliphatic carbocycles. The molecule has 9 heteroatoms. The average molecular weight is 411 g/mol. The van der Waals surface area contributed by atoms with Crippen LogP contribution in [0.3, 0.4) is 0 Å². The Bertz CT molecular complexity index is 1370. The second kappa shape index (κ2) is 6.93. The third kappa shape index (κ3) is 3.03. The number of ether oxygens (including phenoxy) is 2. The summed E-state index contributed by atoms with van der Waals surface area (Å²) < 4.78 is 20.7. The van der Waals surface area contributed by atoms with Gasteiger partial charge in [0, 0.05) is 18.7 Å². The third-order valence-corrected chi connectivity index (χ3v) is 5.79. The molecule has 2 aromatic heterocycles. The first kappa shape index (κ1) is 17.7. The molecule has 1 aliphatic heterocycles. The molecule has 4 aromatic rings. The van der Waals surface area contributed by atoms with Crippen molar-refractivity contribution < 1.29 is 18.7 Å². The number of nitrogens with zero attached hydrogens (tertiary/aromatic N) is 3. The predicted octanol–water partition coefficient (Wildman–Crippen LogP) is 2.53. The first-order chi connectivity index (χ1) is 14.1. The van der Waals surface area contributed by atoms with Crippen molar-refractivity contribution in [3.8, 4) is 11.5 Å². The number of oxazole rings is 1. The van der Waals surface area contributed by atoms with Gasteiger partial charge in [0.15, 0.2) is 21.9 Å². The maximum atomic E-state index is 12.7. The van der Waals surface area contributed by atoms with Crippen molar-refractivity contribution in [1.82, 2.24) is 9.13 Å². The van der Waals surface area contributed by atoms with Gasteiger partial charge in [0.1, 0.15) is 19.8 Å². The SMILES string of the molecule is CCn1c(=NC(=O)Cn2c(=O)oc3ccccc32)sc2cc3c(cc21)OCCO3. The number of amides is 1. The van der Waals surface area contributed by atoms with Gasteiger partial charge in [0.25, 0.3) is 5.91 Å². The highest BCUT2D eigenvalue weighted by atomic mass is 32.1. The van der Waals surface area contributed by atoms with Crippen LogP contribution in [-0.2, 0) is 17.9 Å². The second-order valence-corrected chi connectivity index (χ2v) is 7.53. The summed E-state index contributed by atoms with van der Waals surface area (Å²) >= 11 is 1.40. The van der Waals surface area contributed by atoms with Crippen LogP contribution in [0, 0.1) is 0 Å². The Labute approximate surface area is 168 Å². The van der Waals surface area contributed by atoms with E-state index in [9.17, 15) is 9.59 Å². The van der Waals surface area contributed by atoms with Crippen LogP contribution in [0.2, 0.25) is 0 Å². The number of benzene rings is 2. The van der Waals surface area contributed by atoms with E-state index in [1.165, 1.54) is 15.9 Å². The molecule has 0 bridgehead atoms. The highest BCUT2D eigenvalue weighted by Gasteiger charge is 2.17. The molecular formula is C20H17N3O5S. The molecule has 8 nitrogen and oxygen atoms in total. The van der Waals surface area contributed by atoms with Crippen LogP contribution in [0.1, 0.15) is 6.92 Å². The van der Waals surface area contributed by atoms with E-state index in [1.807, 2.05) is 23.6 Å². The minimum absolute atomic E-state index is 0.184. The third-order valence-electron chi connectivity index (χ3n) is 4.75.